The number of carbonyl (C=O) groups is 3. The molecule has 0 bridgehead atoms. The molecule has 1 aliphatic rings. The van der Waals surface area contributed by atoms with Crippen LogP contribution < -0.4 is 0 Å². The van der Waals surface area contributed by atoms with Gasteiger partial charge in [0.25, 0.3) is 11.1 Å². The lowest BCUT2D eigenvalue weighted by molar-refractivity contribution is -0.145. The molecule has 0 atom stereocenters. The van der Waals surface area contributed by atoms with Crippen molar-refractivity contribution in [1.82, 2.24) is 4.90 Å². The van der Waals surface area contributed by atoms with Gasteiger partial charge < -0.3 is 9.15 Å². The van der Waals surface area contributed by atoms with Gasteiger partial charge in [0.2, 0.25) is 0 Å². The van der Waals surface area contributed by atoms with E-state index in [0.717, 1.165) is 22.2 Å². The van der Waals surface area contributed by atoms with E-state index >= 15 is 0 Å². The van der Waals surface area contributed by atoms with Crippen molar-refractivity contribution >= 4 is 46.6 Å². The van der Waals surface area contributed by atoms with Crippen LogP contribution in [0.5, 0.6) is 0 Å². The van der Waals surface area contributed by atoms with Crippen LogP contribution in [-0.2, 0) is 14.3 Å². The van der Waals surface area contributed by atoms with Crippen molar-refractivity contribution in [2.75, 3.05) is 13.2 Å². The van der Waals surface area contributed by atoms with Crippen LogP contribution in [0.25, 0.3) is 17.4 Å². The fourth-order valence-corrected chi connectivity index (χ4v) is 3.34. The number of benzene rings is 1. The van der Waals surface area contributed by atoms with E-state index in [1.165, 1.54) is 6.08 Å². The first-order valence-corrected chi connectivity index (χ1v) is 8.94. The molecule has 2 amide bonds. The van der Waals surface area contributed by atoms with E-state index in [9.17, 15) is 14.4 Å². The number of rotatable bonds is 5. The number of imide groups is 1. The second kappa shape index (κ2) is 7.80. The molecule has 0 unspecified atom stereocenters. The number of esters is 1. The van der Waals surface area contributed by atoms with Crippen molar-refractivity contribution in [3.63, 3.8) is 0 Å². The molecule has 2 aromatic rings. The molecular weight excluding hydrogens is 378 g/mol. The van der Waals surface area contributed by atoms with E-state index in [1.807, 2.05) is 6.07 Å². The zero-order valence-electron chi connectivity index (χ0n) is 13.7. The quantitative estimate of drug-likeness (QED) is 0.561. The van der Waals surface area contributed by atoms with E-state index in [-0.39, 0.29) is 11.5 Å². The summed E-state index contributed by atoms with van der Waals surface area (Å²) in [6, 6.07) is 10.6. The standard InChI is InChI=1S/C18H14ClNO5S/c1-2-24-16(21)10-20-17(22)15(26-18(20)23)9-13-6-7-14(25-13)11-4-3-5-12(19)8-11/h3-9H,2,10H2,1H3. The lowest BCUT2D eigenvalue weighted by Gasteiger charge is -2.10. The van der Waals surface area contributed by atoms with E-state index in [0.29, 0.717) is 16.5 Å². The van der Waals surface area contributed by atoms with Crippen molar-refractivity contribution in [3.05, 3.63) is 52.1 Å². The van der Waals surface area contributed by atoms with Crippen molar-refractivity contribution < 1.29 is 23.5 Å². The van der Waals surface area contributed by atoms with Gasteiger partial charge >= 0.3 is 5.97 Å². The van der Waals surface area contributed by atoms with Gasteiger partial charge in [-0.05, 0) is 43.0 Å². The lowest BCUT2D eigenvalue weighted by atomic mass is 10.2. The summed E-state index contributed by atoms with van der Waals surface area (Å²) in [5, 5.41) is 0.0662. The van der Waals surface area contributed by atoms with E-state index in [1.54, 1.807) is 37.3 Å². The number of hydrogen-bond donors (Lipinski definition) is 0. The highest BCUT2D eigenvalue weighted by Gasteiger charge is 2.36. The smallest absolute Gasteiger partial charge is 0.326 e. The van der Waals surface area contributed by atoms with Gasteiger partial charge in [-0.15, -0.1) is 0 Å². The van der Waals surface area contributed by atoms with Crippen LogP contribution in [0.1, 0.15) is 12.7 Å². The summed E-state index contributed by atoms with van der Waals surface area (Å²) in [6.07, 6.45) is 1.48. The molecule has 0 radical (unpaired) electrons. The van der Waals surface area contributed by atoms with Crippen molar-refractivity contribution in [1.29, 1.82) is 0 Å². The Kier molecular flexibility index (Phi) is 5.49. The number of ether oxygens (including phenoxy) is 1. The van der Waals surface area contributed by atoms with Crippen molar-refractivity contribution in [2.24, 2.45) is 0 Å². The number of halogens is 1. The number of nitrogens with zero attached hydrogens (tertiary/aromatic N) is 1. The minimum atomic E-state index is -0.628. The topological polar surface area (TPSA) is 76.8 Å². The third-order valence-corrected chi connectivity index (χ3v) is 4.62. The molecule has 0 aliphatic carbocycles. The van der Waals surface area contributed by atoms with E-state index in [2.05, 4.69) is 0 Å². The Bertz CT molecular complexity index is 904. The third kappa shape index (κ3) is 4.00. The predicted octanol–water partition coefficient (Wildman–Crippen LogP) is 4.20. The summed E-state index contributed by atoms with van der Waals surface area (Å²) in [6.45, 7) is 1.44. The molecule has 1 aromatic heterocycles. The molecule has 0 saturated carbocycles. The highest BCUT2D eigenvalue weighted by molar-refractivity contribution is 8.18. The molecule has 1 aromatic carbocycles. The molecular formula is C18H14ClNO5S. The molecule has 0 spiro atoms. The third-order valence-electron chi connectivity index (χ3n) is 3.48. The Labute approximate surface area is 158 Å². The first-order valence-electron chi connectivity index (χ1n) is 7.74. The van der Waals surface area contributed by atoms with Gasteiger partial charge in [0.05, 0.1) is 11.5 Å². The Morgan fingerprint density at radius 1 is 1.31 bits per heavy atom. The monoisotopic (exact) mass is 391 g/mol. The maximum atomic E-state index is 12.3. The summed E-state index contributed by atoms with van der Waals surface area (Å²) in [7, 11) is 0. The second-order valence-corrected chi connectivity index (χ2v) is 6.71. The zero-order valence-corrected chi connectivity index (χ0v) is 15.3. The SMILES string of the molecule is CCOC(=O)CN1C(=O)SC(=Cc2ccc(-c3cccc(Cl)c3)o2)C1=O. The molecule has 1 aliphatic heterocycles. The molecule has 1 saturated heterocycles. The number of hydrogen-bond acceptors (Lipinski definition) is 6. The van der Waals surface area contributed by atoms with Gasteiger partial charge in [0.1, 0.15) is 18.1 Å². The minimum absolute atomic E-state index is 0.184. The molecule has 26 heavy (non-hydrogen) atoms. The number of thioether (sulfide) groups is 1. The second-order valence-electron chi connectivity index (χ2n) is 5.29. The zero-order chi connectivity index (χ0) is 18.7. The summed E-state index contributed by atoms with van der Waals surface area (Å²) in [4.78, 5) is 36.9. The molecule has 1 fully saturated rings. The molecule has 2 heterocycles. The normalized spacial score (nSPS) is 15.8. The maximum Gasteiger partial charge on any atom is 0.326 e. The summed E-state index contributed by atoms with van der Waals surface area (Å²) < 4.78 is 10.5. The van der Waals surface area contributed by atoms with Crippen molar-refractivity contribution in [2.45, 2.75) is 6.92 Å². The van der Waals surface area contributed by atoms with Crippen LogP contribution in [0.3, 0.4) is 0 Å². The van der Waals surface area contributed by atoms with Gasteiger partial charge in [-0.25, -0.2) is 0 Å². The molecule has 6 nitrogen and oxygen atoms in total. The summed E-state index contributed by atoms with van der Waals surface area (Å²) >= 11 is 6.73. The van der Waals surface area contributed by atoms with Gasteiger partial charge in [0, 0.05) is 16.7 Å². The Morgan fingerprint density at radius 2 is 2.12 bits per heavy atom. The first kappa shape index (κ1) is 18.3. The maximum absolute atomic E-state index is 12.3. The van der Waals surface area contributed by atoms with Gasteiger partial charge in [0.15, 0.2) is 0 Å². The highest BCUT2D eigenvalue weighted by atomic mass is 35.5. The van der Waals surface area contributed by atoms with E-state index < -0.39 is 23.7 Å². The van der Waals surface area contributed by atoms with Crippen LogP contribution in [0, 0.1) is 0 Å². The average molecular weight is 392 g/mol. The number of carbonyl (C=O) groups excluding carboxylic acids is 3. The Morgan fingerprint density at radius 3 is 2.85 bits per heavy atom. The van der Waals surface area contributed by atoms with Gasteiger partial charge in [-0.3, -0.25) is 19.3 Å². The average Bonchev–Trinajstić information content (AvgIpc) is 3.16. The number of amides is 2. The molecule has 8 heteroatoms. The summed E-state index contributed by atoms with van der Waals surface area (Å²) in [5.41, 5.74) is 0.799. The number of furan rings is 1. The van der Waals surface area contributed by atoms with E-state index in [4.69, 9.17) is 20.8 Å². The molecule has 0 N–H and O–H groups in total. The van der Waals surface area contributed by atoms with Crippen LogP contribution in [0.2, 0.25) is 5.02 Å². The highest BCUT2D eigenvalue weighted by Crippen LogP contribution is 2.33. The fraction of sp³-hybridized carbons (Fsp3) is 0.167. The van der Waals surface area contributed by atoms with Gasteiger partial charge in [-0.1, -0.05) is 23.7 Å². The van der Waals surface area contributed by atoms with Crippen molar-refractivity contribution in [3.8, 4) is 11.3 Å². The van der Waals surface area contributed by atoms with Crippen LogP contribution in [-0.4, -0.2) is 35.2 Å². The fourth-order valence-electron chi connectivity index (χ4n) is 2.33. The Balaban J connectivity index is 1.77. The summed E-state index contributed by atoms with van der Waals surface area (Å²) in [5.74, 6) is -0.169. The van der Waals surface area contributed by atoms with Crippen LogP contribution in [0.4, 0.5) is 4.79 Å². The van der Waals surface area contributed by atoms with Crippen LogP contribution >= 0.6 is 23.4 Å². The lowest BCUT2D eigenvalue weighted by Crippen LogP contribution is -2.34. The Hall–Kier alpha value is -2.51. The predicted molar refractivity (Wildman–Crippen MR) is 98.5 cm³/mol. The van der Waals surface area contributed by atoms with Gasteiger partial charge in [-0.2, -0.15) is 0 Å². The molecule has 3 rings (SSSR count). The minimum Gasteiger partial charge on any atom is -0.465 e. The molecule has 134 valence electrons. The largest absolute Gasteiger partial charge is 0.465 e. The van der Waals surface area contributed by atoms with Crippen LogP contribution in [0.15, 0.2) is 45.7 Å². The first-order chi connectivity index (χ1) is 12.5.